The molecule has 0 aliphatic carbocycles. The molecule has 0 aromatic heterocycles. The summed E-state index contributed by atoms with van der Waals surface area (Å²) in [6.07, 6.45) is 0.136. The molecule has 2 rings (SSSR count). The van der Waals surface area contributed by atoms with Gasteiger partial charge in [-0.2, -0.15) is 0 Å². The fourth-order valence-corrected chi connectivity index (χ4v) is 2.04. The number of hydrogen-bond donors (Lipinski definition) is 0. The average Bonchev–Trinajstić information content (AvgIpc) is 2.92. The van der Waals surface area contributed by atoms with Crippen LogP contribution >= 0.6 is 11.6 Å². The van der Waals surface area contributed by atoms with Gasteiger partial charge in [0.25, 0.3) is 5.91 Å². The molecule has 0 bridgehead atoms. The molecule has 1 amide bonds. The molecule has 7 heteroatoms. The first kappa shape index (κ1) is 14.5. The number of hydrogen-bond acceptors (Lipinski definition) is 5. The number of halogens is 1. The Balaban J connectivity index is 2.09. The fraction of sp³-hybridized carbons (Fsp3) is 0.385. The highest BCUT2D eigenvalue weighted by molar-refractivity contribution is 6.32. The number of methoxy groups -OCH3 is 1. The quantitative estimate of drug-likeness (QED) is 0.792. The highest BCUT2D eigenvalue weighted by Gasteiger charge is 2.22. The van der Waals surface area contributed by atoms with Crippen molar-refractivity contribution in [3.8, 4) is 11.5 Å². The molecule has 1 heterocycles. The van der Waals surface area contributed by atoms with E-state index in [-0.39, 0.29) is 31.6 Å². The summed E-state index contributed by atoms with van der Waals surface area (Å²) in [6, 6.07) is 3.09. The van der Waals surface area contributed by atoms with Crippen LogP contribution in [-0.4, -0.2) is 44.3 Å². The molecule has 0 saturated heterocycles. The molecule has 0 saturated carbocycles. The second-order valence-electron chi connectivity index (χ2n) is 4.24. The lowest BCUT2D eigenvalue weighted by molar-refractivity contribution is -0.140. The summed E-state index contributed by atoms with van der Waals surface area (Å²) in [4.78, 5) is 24.7. The predicted molar refractivity (Wildman–Crippen MR) is 71.2 cm³/mol. The molecular formula is C13H14ClNO5. The maximum absolute atomic E-state index is 12.2. The van der Waals surface area contributed by atoms with Crippen molar-refractivity contribution in [3.05, 3.63) is 22.7 Å². The van der Waals surface area contributed by atoms with Crippen LogP contribution < -0.4 is 9.47 Å². The minimum absolute atomic E-state index is 0.0882. The van der Waals surface area contributed by atoms with Gasteiger partial charge in [-0.15, -0.1) is 0 Å². The van der Waals surface area contributed by atoms with Crippen molar-refractivity contribution in [2.75, 3.05) is 27.5 Å². The van der Waals surface area contributed by atoms with Crippen LogP contribution in [0.25, 0.3) is 0 Å². The molecule has 0 unspecified atom stereocenters. The maximum Gasteiger partial charge on any atom is 0.307 e. The van der Waals surface area contributed by atoms with Gasteiger partial charge in [-0.05, 0) is 12.1 Å². The van der Waals surface area contributed by atoms with Crippen molar-refractivity contribution >= 4 is 23.5 Å². The summed E-state index contributed by atoms with van der Waals surface area (Å²) in [5, 5.41) is 0.324. The Morgan fingerprint density at radius 3 is 2.85 bits per heavy atom. The van der Waals surface area contributed by atoms with E-state index >= 15 is 0 Å². The van der Waals surface area contributed by atoms with Crippen molar-refractivity contribution in [3.63, 3.8) is 0 Å². The summed E-state index contributed by atoms with van der Waals surface area (Å²) in [5.74, 6) is 0.269. The van der Waals surface area contributed by atoms with Gasteiger partial charge in [0.2, 0.25) is 6.79 Å². The summed E-state index contributed by atoms with van der Waals surface area (Å²) in [5.41, 5.74) is 0.381. The van der Waals surface area contributed by atoms with Gasteiger partial charge in [-0.25, -0.2) is 0 Å². The molecule has 6 nitrogen and oxygen atoms in total. The monoisotopic (exact) mass is 299 g/mol. The Kier molecular flexibility index (Phi) is 4.34. The third-order valence-corrected chi connectivity index (χ3v) is 3.18. The number of nitrogens with zero attached hydrogens (tertiary/aromatic N) is 1. The van der Waals surface area contributed by atoms with Gasteiger partial charge in [0, 0.05) is 19.2 Å². The normalized spacial score (nSPS) is 12.2. The Hall–Kier alpha value is -1.95. The van der Waals surface area contributed by atoms with Gasteiger partial charge >= 0.3 is 5.97 Å². The Labute approximate surface area is 121 Å². The first-order chi connectivity index (χ1) is 9.52. The third-order valence-electron chi connectivity index (χ3n) is 2.90. The second kappa shape index (κ2) is 6.00. The summed E-state index contributed by atoms with van der Waals surface area (Å²) in [6.45, 7) is 0.350. The Bertz CT molecular complexity index is 546. The first-order valence-electron chi connectivity index (χ1n) is 5.94. The van der Waals surface area contributed by atoms with Crippen molar-refractivity contribution in [2.45, 2.75) is 6.42 Å². The van der Waals surface area contributed by atoms with E-state index in [2.05, 4.69) is 4.74 Å². The van der Waals surface area contributed by atoms with E-state index in [9.17, 15) is 9.59 Å². The predicted octanol–water partition coefficient (Wildman–Crippen LogP) is 1.70. The molecule has 1 aliphatic rings. The topological polar surface area (TPSA) is 65.1 Å². The number of carbonyl (C=O) groups is 2. The van der Waals surface area contributed by atoms with E-state index in [1.807, 2.05) is 0 Å². The van der Waals surface area contributed by atoms with E-state index in [4.69, 9.17) is 21.1 Å². The number of benzene rings is 1. The largest absolute Gasteiger partial charge is 0.469 e. The van der Waals surface area contributed by atoms with E-state index in [0.29, 0.717) is 22.1 Å². The summed E-state index contributed by atoms with van der Waals surface area (Å²) in [7, 11) is 2.91. The number of rotatable bonds is 4. The molecule has 1 aliphatic heterocycles. The number of fused-ring (bicyclic) bond motifs is 1. The summed E-state index contributed by atoms with van der Waals surface area (Å²) < 4.78 is 14.9. The molecule has 0 spiro atoms. The van der Waals surface area contributed by atoms with Crippen LogP contribution in [0.15, 0.2) is 12.1 Å². The zero-order valence-corrected chi connectivity index (χ0v) is 11.9. The number of ether oxygens (including phenoxy) is 3. The highest BCUT2D eigenvalue weighted by atomic mass is 35.5. The van der Waals surface area contributed by atoms with Gasteiger partial charge in [0.1, 0.15) is 0 Å². The molecule has 0 radical (unpaired) electrons. The van der Waals surface area contributed by atoms with Crippen LogP contribution in [0.1, 0.15) is 16.8 Å². The average molecular weight is 300 g/mol. The van der Waals surface area contributed by atoms with Crippen LogP contribution in [0.2, 0.25) is 5.02 Å². The lowest BCUT2D eigenvalue weighted by atomic mass is 10.1. The van der Waals surface area contributed by atoms with Gasteiger partial charge in [-0.3, -0.25) is 9.59 Å². The molecule has 0 fully saturated rings. The lowest BCUT2D eigenvalue weighted by Gasteiger charge is -2.17. The molecule has 20 heavy (non-hydrogen) atoms. The third kappa shape index (κ3) is 2.96. The van der Waals surface area contributed by atoms with Crippen LogP contribution in [0.3, 0.4) is 0 Å². The van der Waals surface area contributed by atoms with Crippen LogP contribution in [0.4, 0.5) is 0 Å². The number of esters is 1. The van der Waals surface area contributed by atoms with Crippen molar-refractivity contribution in [1.29, 1.82) is 0 Å². The van der Waals surface area contributed by atoms with Crippen LogP contribution in [0, 0.1) is 0 Å². The standard InChI is InChI=1S/C13H14ClNO5/c1-15(4-3-11(16)18-2)13(17)8-5-9(14)12-10(6-8)19-7-20-12/h5-6H,3-4,7H2,1-2H3. The zero-order valence-electron chi connectivity index (χ0n) is 11.1. The molecule has 1 aromatic rings. The smallest absolute Gasteiger partial charge is 0.307 e. The van der Waals surface area contributed by atoms with Crippen LogP contribution in [0.5, 0.6) is 11.5 Å². The molecular weight excluding hydrogens is 286 g/mol. The SMILES string of the molecule is COC(=O)CCN(C)C(=O)c1cc(Cl)c2c(c1)OCO2. The minimum Gasteiger partial charge on any atom is -0.469 e. The highest BCUT2D eigenvalue weighted by Crippen LogP contribution is 2.39. The number of carbonyl (C=O) groups excluding carboxylic acids is 2. The van der Waals surface area contributed by atoms with Crippen molar-refractivity contribution < 1.29 is 23.8 Å². The second-order valence-corrected chi connectivity index (χ2v) is 4.65. The first-order valence-corrected chi connectivity index (χ1v) is 6.32. The molecule has 0 atom stereocenters. The van der Waals surface area contributed by atoms with E-state index < -0.39 is 0 Å². The maximum atomic E-state index is 12.2. The van der Waals surface area contributed by atoms with E-state index in [1.54, 1.807) is 13.1 Å². The van der Waals surface area contributed by atoms with E-state index in [1.165, 1.54) is 18.1 Å². The molecule has 1 aromatic carbocycles. The van der Waals surface area contributed by atoms with Crippen molar-refractivity contribution in [2.24, 2.45) is 0 Å². The Morgan fingerprint density at radius 1 is 1.40 bits per heavy atom. The van der Waals surface area contributed by atoms with Crippen molar-refractivity contribution in [1.82, 2.24) is 4.90 Å². The molecule has 108 valence electrons. The van der Waals surface area contributed by atoms with E-state index in [0.717, 1.165) is 0 Å². The van der Waals surface area contributed by atoms with Gasteiger partial charge in [0.05, 0.1) is 18.6 Å². The van der Waals surface area contributed by atoms with Gasteiger partial charge in [0.15, 0.2) is 11.5 Å². The van der Waals surface area contributed by atoms with Gasteiger partial charge < -0.3 is 19.1 Å². The zero-order chi connectivity index (χ0) is 14.7. The number of amides is 1. The van der Waals surface area contributed by atoms with Crippen LogP contribution in [-0.2, 0) is 9.53 Å². The lowest BCUT2D eigenvalue weighted by Crippen LogP contribution is -2.29. The Morgan fingerprint density at radius 2 is 2.15 bits per heavy atom. The summed E-state index contributed by atoms with van der Waals surface area (Å²) >= 11 is 6.02. The minimum atomic E-state index is -0.367. The van der Waals surface area contributed by atoms with Gasteiger partial charge in [-0.1, -0.05) is 11.6 Å². The fourth-order valence-electron chi connectivity index (χ4n) is 1.77. The molecule has 0 N–H and O–H groups in total.